The molecule has 0 amide bonds. The molecular weight excluding hydrogens is 265 g/mol. The molecule has 0 aliphatic carbocycles. The minimum atomic E-state index is -0.332. The van der Waals surface area contributed by atoms with Crippen LogP contribution in [0.2, 0.25) is 0 Å². The van der Waals surface area contributed by atoms with E-state index in [9.17, 15) is 4.39 Å². The van der Waals surface area contributed by atoms with Gasteiger partial charge in [0, 0.05) is 19.6 Å². The van der Waals surface area contributed by atoms with Gasteiger partial charge in [-0.15, -0.1) is 0 Å². The lowest BCUT2D eigenvalue weighted by molar-refractivity contribution is 0.0600. The molecule has 1 atom stereocenters. The average Bonchev–Trinajstić information content (AvgIpc) is 2.50. The van der Waals surface area contributed by atoms with Gasteiger partial charge in [-0.2, -0.15) is 5.26 Å². The molecule has 0 radical (unpaired) electrons. The third-order valence-corrected chi connectivity index (χ3v) is 4.89. The minimum Gasteiger partial charge on any atom is -0.316 e. The SMILES string of the molecule is N#Cc1cc(F)ccc1CN1CCCC2(CCCNC2)C1. The van der Waals surface area contributed by atoms with Crippen molar-refractivity contribution in [3.63, 3.8) is 0 Å². The van der Waals surface area contributed by atoms with Crippen LogP contribution in [0.15, 0.2) is 18.2 Å². The van der Waals surface area contributed by atoms with Crippen molar-refractivity contribution in [2.45, 2.75) is 32.2 Å². The largest absolute Gasteiger partial charge is 0.316 e. The van der Waals surface area contributed by atoms with Gasteiger partial charge in [-0.3, -0.25) is 4.90 Å². The number of rotatable bonds is 2. The summed E-state index contributed by atoms with van der Waals surface area (Å²) in [5.41, 5.74) is 1.82. The number of hydrogen-bond donors (Lipinski definition) is 1. The van der Waals surface area contributed by atoms with E-state index in [1.165, 1.54) is 37.8 Å². The summed E-state index contributed by atoms with van der Waals surface area (Å²) in [6.45, 7) is 5.16. The second-order valence-electron chi connectivity index (χ2n) is 6.51. The zero-order valence-electron chi connectivity index (χ0n) is 12.4. The molecule has 1 N–H and O–H groups in total. The van der Waals surface area contributed by atoms with Gasteiger partial charge in [-0.1, -0.05) is 6.07 Å². The molecule has 2 heterocycles. The van der Waals surface area contributed by atoms with Gasteiger partial charge < -0.3 is 5.32 Å². The number of likely N-dealkylation sites (tertiary alicyclic amines) is 1. The van der Waals surface area contributed by atoms with E-state index in [0.717, 1.165) is 38.3 Å². The summed E-state index contributed by atoms with van der Waals surface area (Å²) in [6, 6.07) is 6.68. The lowest BCUT2D eigenvalue weighted by atomic mass is 9.74. The van der Waals surface area contributed by atoms with Crippen LogP contribution in [0.3, 0.4) is 0 Å². The Kier molecular flexibility index (Phi) is 4.23. The molecule has 112 valence electrons. The van der Waals surface area contributed by atoms with Crippen molar-refractivity contribution >= 4 is 0 Å². The Morgan fingerprint density at radius 1 is 1.33 bits per heavy atom. The van der Waals surface area contributed by atoms with Crippen molar-refractivity contribution in [1.29, 1.82) is 5.26 Å². The topological polar surface area (TPSA) is 39.1 Å². The zero-order chi connectivity index (χ0) is 14.7. The average molecular weight is 287 g/mol. The molecule has 2 aliphatic rings. The van der Waals surface area contributed by atoms with E-state index in [2.05, 4.69) is 16.3 Å². The van der Waals surface area contributed by atoms with Crippen molar-refractivity contribution < 1.29 is 4.39 Å². The van der Waals surface area contributed by atoms with E-state index in [-0.39, 0.29) is 5.82 Å². The summed E-state index contributed by atoms with van der Waals surface area (Å²) in [5, 5.41) is 12.7. The van der Waals surface area contributed by atoms with E-state index in [4.69, 9.17) is 5.26 Å². The van der Waals surface area contributed by atoms with Gasteiger partial charge in [0.25, 0.3) is 0 Å². The van der Waals surface area contributed by atoms with Gasteiger partial charge in [0.05, 0.1) is 11.6 Å². The highest BCUT2D eigenvalue weighted by atomic mass is 19.1. The standard InChI is InChI=1S/C17H22FN3/c18-16-4-3-14(15(9-16)10-19)11-21-8-2-6-17(13-21)5-1-7-20-12-17/h3-4,9,20H,1-2,5-8,11-13H2. The number of hydrogen-bond acceptors (Lipinski definition) is 3. The van der Waals surface area contributed by atoms with Crippen molar-refractivity contribution in [3.05, 3.63) is 35.1 Å². The van der Waals surface area contributed by atoms with E-state index in [1.54, 1.807) is 6.07 Å². The molecule has 2 aliphatic heterocycles. The summed E-state index contributed by atoms with van der Waals surface area (Å²) >= 11 is 0. The van der Waals surface area contributed by atoms with Crippen LogP contribution in [0.25, 0.3) is 0 Å². The number of benzene rings is 1. The minimum absolute atomic E-state index is 0.332. The van der Waals surface area contributed by atoms with Gasteiger partial charge >= 0.3 is 0 Å². The third-order valence-electron chi connectivity index (χ3n) is 4.89. The summed E-state index contributed by atoms with van der Waals surface area (Å²) in [6.07, 6.45) is 5.06. The number of halogens is 1. The Morgan fingerprint density at radius 2 is 2.19 bits per heavy atom. The van der Waals surface area contributed by atoms with Crippen LogP contribution in [0.1, 0.15) is 36.8 Å². The van der Waals surface area contributed by atoms with Crippen LogP contribution in [-0.4, -0.2) is 31.1 Å². The fourth-order valence-electron chi connectivity index (χ4n) is 3.86. The molecule has 2 fully saturated rings. The molecular formula is C17H22FN3. The molecule has 3 nitrogen and oxygen atoms in total. The van der Waals surface area contributed by atoms with Gasteiger partial charge in [-0.05, 0) is 61.9 Å². The smallest absolute Gasteiger partial charge is 0.124 e. The van der Waals surface area contributed by atoms with Crippen LogP contribution in [0.5, 0.6) is 0 Å². The molecule has 0 aromatic heterocycles. The first-order chi connectivity index (χ1) is 10.2. The van der Waals surface area contributed by atoms with E-state index in [0.29, 0.717) is 11.0 Å². The van der Waals surface area contributed by atoms with E-state index < -0.39 is 0 Å². The number of nitrogens with zero attached hydrogens (tertiary/aromatic N) is 2. The van der Waals surface area contributed by atoms with Crippen molar-refractivity contribution in [2.75, 3.05) is 26.2 Å². The zero-order valence-corrected chi connectivity index (χ0v) is 12.4. The number of piperidine rings is 2. The van der Waals surface area contributed by atoms with Gasteiger partial charge in [0.1, 0.15) is 5.82 Å². The molecule has 1 aromatic carbocycles. The Labute approximate surface area is 125 Å². The molecule has 3 rings (SSSR count). The predicted octanol–water partition coefficient (Wildman–Crippen LogP) is 2.66. The molecule has 0 saturated carbocycles. The van der Waals surface area contributed by atoms with E-state index >= 15 is 0 Å². The van der Waals surface area contributed by atoms with Crippen LogP contribution in [0, 0.1) is 22.6 Å². The lowest BCUT2D eigenvalue weighted by Gasteiger charge is -2.45. The van der Waals surface area contributed by atoms with Crippen LogP contribution < -0.4 is 5.32 Å². The van der Waals surface area contributed by atoms with Crippen LogP contribution >= 0.6 is 0 Å². The molecule has 4 heteroatoms. The normalized spacial score (nSPS) is 26.7. The quantitative estimate of drug-likeness (QED) is 0.909. The van der Waals surface area contributed by atoms with Crippen molar-refractivity contribution in [3.8, 4) is 6.07 Å². The summed E-state index contributed by atoms with van der Waals surface area (Å²) in [4.78, 5) is 2.44. The molecule has 1 aromatic rings. The molecule has 21 heavy (non-hydrogen) atoms. The molecule has 1 spiro atoms. The highest BCUT2D eigenvalue weighted by Gasteiger charge is 2.36. The maximum atomic E-state index is 13.2. The van der Waals surface area contributed by atoms with Crippen molar-refractivity contribution in [1.82, 2.24) is 10.2 Å². The van der Waals surface area contributed by atoms with Gasteiger partial charge in [0.15, 0.2) is 0 Å². The molecule has 2 saturated heterocycles. The fourth-order valence-corrected chi connectivity index (χ4v) is 3.86. The Hall–Kier alpha value is -1.44. The van der Waals surface area contributed by atoms with Crippen LogP contribution in [-0.2, 0) is 6.54 Å². The first kappa shape index (κ1) is 14.5. The summed E-state index contributed by atoms with van der Waals surface area (Å²) in [5.74, 6) is -0.332. The Bertz CT molecular complexity index is 538. The number of nitrogens with one attached hydrogen (secondary N) is 1. The molecule has 1 unspecified atom stereocenters. The summed E-state index contributed by atoms with van der Waals surface area (Å²) in [7, 11) is 0. The van der Waals surface area contributed by atoms with Crippen LogP contribution in [0.4, 0.5) is 4.39 Å². The summed E-state index contributed by atoms with van der Waals surface area (Å²) < 4.78 is 13.2. The lowest BCUT2D eigenvalue weighted by Crippen LogP contribution is -2.50. The highest BCUT2D eigenvalue weighted by Crippen LogP contribution is 2.36. The fraction of sp³-hybridized carbons (Fsp3) is 0.588. The second-order valence-corrected chi connectivity index (χ2v) is 6.51. The predicted molar refractivity (Wildman–Crippen MR) is 80.2 cm³/mol. The Balaban J connectivity index is 1.71. The van der Waals surface area contributed by atoms with Gasteiger partial charge in [0.2, 0.25) is 0 Å². The second kappa shape index (κ2) is 6.13. The first-order valence-corrected chi connectivity index (χ1v) is 7.82. The monoisotopic (exact) mass is 287 g/mol. The number of nitriles is 1. The van der Waals surface area contributed by atoms with E-state index in [1.807, 2.05) is 0 Å². The van der Waals surface area contributed by atoms with Gasteiger partial charge in [-0.25, -0.2) is 4.39 Å². The maximum Gasteiger partial charge on any atom is 0.124 e. The highest BCUT2D eigenvalue weighted by molar-refractivity contribution is 5.37. The van der Waals surface area contributed by atoms with Crippen molar-refractivity contribution in [2.24, 2.45) is 5.41 Å². The third kappa shape index (κ3) is 3.25. The Morgan fingerprint density at radius 3 is 2.95 bits per heavy atom. The maximum absolute atomic E-state index is 13.2. The first-order valence-electron chi connectivity index (χ1n) is 7.82. The molecule has 0 bridgehead atoms.